The predicted molar refractivity (Wildman–Crippen MR) is 115 cm³/mol. The maximum absolute atomic E-state index is 8.02. The predicted octanol–water partition coefficient (Wildman–Crippen LogP) is 5.97. The highest BCUT2D eigenvalue weighted by Gasteiger charge is 2.24. The molecule has 0 bridgehead atoms. The molecule has 0 N–H and O–H groups in total. The quantitative estimate of drug-likeness (QED) is 0.390. The highest BCUT2D eigenvalue weighted by Crippen LogP contribution is 2.36. The minimum Gasteiger partial charge on any atom is -0.234 e. The van der Waals surface area contributed by atoms with Gasteiger partial charge in [0.25, 0.3) is 5.82 Å². The summed E-state index contributed by atoms with van der Waals surface area (Å²) in [6, 6.07) is 14.8. The van der Waals surface area contributed by atoms with Crippen molar-refractivity contribution in [1.29, 1.82) is 0 Å². The van der Waals surface area contributed by atoms with Gasteiger partial charge in [0.2, 0.25) is 0 Å². The van der Waals surface area contributed by atoms with Crippen molar-refractivity contribution in [3.63, 3.8) is 0 Å². The molecular weight excluding hydrogens is 328 g/mol. The summed E-state index contributed by atoms with van der Waals surface area (Å²) in [7, 11) is 1.85. The second-order valence-electron chi connectivity index (χ2n) is 8.02. The molecule has 4 aromatic rings. The fourth-order valence-electron chi connectivity index (χ4n) is 4.26. The zero-order valence-corrected chi connectivity index (χ0v) is 17.0. The van der Waals surface area contributed by atoms with E-state index in [2.05, 4.69) is 68.7 Å². The van der Waals surface area contributed by atoms with Crippen molar-refractivity contribution in [1.82, 2.24) is 4.57 Å². The van der Waals surface area contributed by atoms with Gasteiger partial charge in [-0.15, -0.1) is 0 Å². The van der Waals surface area contributed by atoms with Crippen LogP contribution in [0.25, 0.3) is 27.6 Å². The van der Waals surface area contributed by atoms with Gasteiger partial charge >= 0.3 is 0 Å². The van der Waals surface area contributed by atoms with Crippen molar-refractivity contribution in [2.75, 3.05) is 0 Å². The van der Waals surface area contributed by atoms with E-state index in [1.54, 1.807) is 6.07 Å². The van der Waals surface area contributed by atoms with Crippen LogP contribution in [0.4, 0.5) is 0 Å². The molecule has 2 heteroatoms. The summed E-state index contributed by atoms with van der Waals surface area (Å²) in [5.74, 6) is 1.28. The monoisotopic (exact) mass is 360 g/mol. The first-order valence-electron chi connectivity index (χ1n) is 11.1. The Labute approximate surface area is 166 Å². The van der Waals surface area contributed by atoms with Crippen LogP contribution in [0.1, 0.15) is 51.8 Å². The molecule has 0 aliphatic heterocycles. The lowest BCUT2D eigenvalue weighted by molar-refractivity contribution is -0.671. The molecule has 0 saturated heterocycles. The molecule has 0 saturated carbocycles. The first-order chi connectivity index (χ1) is 14.0. The Balaban J connectivity index is 2.23. The fourth-order valence-corrected chi connectivity index (χ4v) is 4.26. The van der Waals surface area contributed by atoms with E-state index in [1.807, 2.05) is 18.5 Å². The van der Waals surface area contributed by atoms with Crippen LogP contribution in [0, 0.1) is 27.6 Å². The maximum Gasteiger partial charge on any atom is 0.287 e. The van der Waals surface area contributed by atoms with E-state index >= 15 is 0 Å². The van der Waals surface area contributed by atoms with Crippen molar-refractivity contribution >= 4 is 21.8 Å². The van der Waals surface area contributed by atoms with Crippen LogP contribution >= 0.6 is 0 Å². The van der Waals surface area contributed by atoms with Crippen LogP contribution in [0.3, 0.4) is 0 Å². The molecule has 4 rings (SSSR count). The molecule has 138 valence electrons. The molecule has 2 aromatic heterocycles. The summed E-state index contributed by atoms with van der Waals surface area (Å²) in [5, 5.41) is 2.40. The number of rotatable bonds is 2. The van der Waals surface area contributed by atoms with Crippen LogP contribution in [-0.2, 0) is 7.05 Å². The van der Waals surface area contributed by atoms with E-state index in [0.29, 0.717) is 11.6 Å². The van der Waals surface area contributed by atoms with E-state index in [-0.39, 0.29) is 0 Å². The molecule has 0 aliphatic rings. The summed E-state index contributed by atoms with van der Waals surface area (Å²) >= 11 is 0. The summed E-state index contributed by atoms with van der Waals surface area (Å²) in [6.07, 6.45) is 0. The number of fused-ring (bicyclic) bond motifs is 3. The van der Waals surface area contributed by atoms with Gasteiger partial charge in [-0.3, -0.25) is 0 Å². The summed E-state index contributed by atoms with van der Waals surface area (Å²) in [5.41, 5.74) is 7.30. The molecule has 27 heavy (non-hydrogen) atoms. The van der Waals surface area contributed by atoms with Gasteiger partial charge in [0.1, 0.15) is 16.7 Å². The second kappa shape index (κ2) is 6.23. The van der Waals surface area contributed by atoms with Gasteiger partial charge in [-0.25, -0.2) is 4.57 Å². The van der Waals surface area contributed by atoms with Crippen molar-refractivity contribution in [3.05, 3.63) is 70.4 Å². The van der Waals surface area contributed by atoms with Gasteiger partial charge in [0.05, 0.1) is 7.05 Å². The summed E-state index contributed by atoms with van der Waals surface area (Å²) in [4.78, 5) is 0. The number of benzene rings is 2. The van der Waals surface area contributed by atoms with Gasteiger partial charge in [-0.1, -0.05) is 31.5 Å². The highest BCUT2D eigenvalue weighted by molar-refractivity contribution is 6.10. The Hall–Kier alpha value is -2.61. The van der Waals surface area contributed by atoms with Crippen molar-refractivity contribution in [2.24, 2.45) is 7.05 Å². The third kappa shape index (κ3) is 2.66. The smallest absolute Gasteiger partial charge is 0.234 e. The van der Waals surface area contributed by atoms with Gasteiger partial charge in [0.15, 0.2) is 0 Å². The number of aryl methyl sites for hydroxylation is 4. The molecule has 2 heterocycles. The Bertz CT molecular complexity index is 1290. The Morgan fingerprint density at radius 1 is 0.926 bits per heavy atom. The minimum atomic E-state index is -2.18. The van der Waals surface area contributed by atoms with Gasteiger partial charge < -0.3 is 0 Å². The number of aromatic nitrogens is 2. The minimum absolute atomic E-state index is 0.345. The normalized spacial score (nSPS) is 14.0. The van der Waals surface area contributed by atoms with Crippen molar-refractivity contribution in [3.8, 4) is 5.82 Å². The molecule has 2 nitrogen and oxygen atoms in total. The van der Waals surface area contributed by atoms with E-state index in [9.17, 15) is 0 Å². The average molecular weight is 361 g/mol. The maximum atomic E-state index is 8.02. The Morgan fingerprint density at radius 2 is 1.70 bits per heavy atom. The van der Waals surface area contributed by atoms with E-state index in [0.717, 1.165) is 22.4 Å². The zero-order valence-electron chi connectivity index (χ0n) is 20.0. The number of hydrogen-bond donors (Lipinski definition) is 0. The van der Waals surface area contributed by atoms with Crippen LogP contribution in [-0.4, -0.2) is 4.57 Å². The zero-order chi connectivity index (χ0) is 22.0. The van der Waals surface area contributed by atoms with Gasteiger partial charge in [-0.2, -0.15) is 4.57 Å². The highest BCUT2D eigenvalue weighted by atomic mass is 15.1. The third-order valence-electron chi connectivity index (χ3n) is 5.66. The second-order valence-corrected chi connectivity index (χ2v) is 8.02. The van der Waals surface area contributed by atoms with Gasteiger partial charge in [-0.05, 0) is 68.9 Å². The number of nitrogens with zero attached hydrogens (tertiary/aromatic N) is 2. The van der Waals surface area contributed by atoms with Crippen molar-refractivity contribution < 1.29 is 8.68 Å². The molecule has 0 radical (unpaired) electrons. The lowest BCUT2D eigenvalue weighted by atomic mass is 9.95. The van der Waals surface area contributed by atoms with Crippen molar-refractivity contribution in [2.45, 2.75) is 47.4 Å². The van der Waals surface area contributed by atoms with E-state index < -0.39 is 6.85 Å². The molecule has 0 spiro atoms. The molecular formula is C25H29N2+. The first-order valence-corrected chi connectivity index (χ1v) is 9.56. The van der Waals surface area contributed by atoms with Crippen LogP contribution in [0.15, 0.2) is 42.5 Å². The number of pyridine rings is 1. The van der Waals surface area contributed by atoms with Crippen LogP contribution < -0.4 is 4.57 Å². The molecule has 0 aliphatic carbocycles. The molecule has 0 unspecified atom stereocenters. The first kappa shape index (κ1) is 14.4. The Kier molecular flexibility index (Phi) is 3.33. The Morgan fingerprint density at radius 3 is 2.41 bits per heavy atom. The average Bonchev–Trinajstić information content (AvgIpc) is 2.97. The van der Waals surface area contributed by atoms with Gasteiger partial charge in [0, 0.05) is 26.5 Å². The van der Waals surface area contributed by atoms with Crippen LogP contribution in [0.5, 0.6) is 0 Å². The molecule has 0 atom stereocenters. The lowest BCUT2D eigenvalue weighted by Crippen LogP contribution is -2.37. The molecule has 0 amide bonds. The fraction of sp³-hybridized carbons (Fsp3) is 0.320. The molecule has 0 fully saturated rings. The third-order valence-corrected chi connectivity index (χ3v) is 5.66. The largest absolute Gasteiger partial charge is 0.287 e. The standard InChI is InChI=1S/C25H29N2/c1-15(2)20-9-10-21-22-13-16(3)8-11-23(22)27(25(21)19(20)6)24-14-17(4)12-18(5)26(24)7/h8-15H,1-7H3/q+1/i5D3. The van der Waals surface area contributed by atoms with E-state index in [4.69, 9.17) is 4.11 Å². The van der Waals surface area contributed by atoms with E-state index in [1.165, 1.54) is 27.5 Å². The summed E-state index contributed by atoms with van der Waals surface area (Å²) in [6.45, 7) is 8.50. The number of hydrogen-bond acceptors (Lipinski definition) is 0. The molecule has 2 aromatic carbocycles. The van der Waals surface area contributed by atoms with Crippen LogP contribution in [0.2, 0.25) is 0 Å². The SMILES string of the molecule is [2H]C([2H])([2H])c1cc(C)cc(-n2c3ccc(C)cc3c3ccc(C(C)C)c(C)c32)[n+]1C. The lowest BCUT2D eigenvalue weighted by Gasteiger charge is -2.12. The summed E-state index contributed by atoms with van der Waals surface area (Å²) < 4.78 is 28.1. The topological polar surface area (TPSA) is 8.81 Å².